The highest BCUT2D eigenvalue weighted by molar-refractivity contribution is 7.90. The SMILES string of the molecule is CS(=O)(=O)c1cc(OC(F)(F)C(F)F)cc(C(=O)O)c1. The first-order valence-electron chi connectivity index (χ1n) is 4.87. The van der Waals surface area contributed by atoms with Crippen LogP contribution in [-0.4, -0.2) is 38.3 Å². The zero-order valence-electron chi connectivity index (χ0n) is 9.81. The van der Waals surface area contributed by atoms with Gasteiger partial charge in [0.2, 0.25) is 0 Å². The first kappa shape index (κ1) is 16.2. The lowest BCUT2D eigenvalue weighted by Crippen LogP contribution is -2.33. The summed E-state index contributed by atoms with van der Waals surface area (Å²) in [5, 5.41) is 8.72. The molecular weight excluding hydrogens is 308 g/mol. The van der Waals surface area contributed by atoms with Crippen LogP contribution in [0.25, 0.3) is 0 Å². The number of hydrogen-bond acceptors (Lipinski definition) is 4. The highest BCUT2D eigenvalue weighted by Gasteiger charge is 2.44. The largest absolute Gasteiger partial charge is 0.478 e. The smallest absolute Gasteiger partial charge is 0.461 e. The summed E-state index contributed by atoms with van der Waals surface area (Å²) in [6.07, 6.45) is -8.33. The Bertz CT molecular complexity index is 627. The molecule has 5 nitrogen and oxygen atoms in total. The van der Waals surface area contributed by atoms with Gasteiger partial charge in [-0.15, -0.1) is 0 Å². The molecule has 0 unspecified atom stereocenters. The second kappa shape index (κ2) is 5.27. The summed E-state index contributed by atoms with van der Waals surface area (Å²) in [7, 11) is -3.93. The topological polar surface area (TPSA) is 80.7 Å². The number of aromatic carboxylic acids is 1. The number of sulfone groups is 1. The van der Waals surface area contributed by atoms with E-state index in [4.69, 9.17) is 5.11 Å². The van der Waals surface area contributed by atoms with E-state index in [9.17, 15) is 30.8 Å². The van der Waals surface area contributed by atoms with Gasteiger partial charge in [0.05, 0.1) is 10.5 Å². The molecule has 10 heteroatoms. The Morgan fingerprint density at radius 2 is 1.85 bits per heavy atom. The molecule has 0 atom stereocenters. The fraction of sp³-hybridized carbons (Fsp3) is 0.300. The molecule has 0 heterocycles. The number of benzene rings is 1. The number of ether oxygens (including phenoxy) is 1. The third-order valence-electron chi connectivity index (χ3n) is 2.06. The van der Waals surface area contributed by atoms with Crippen molar-refractivity contribution in [3.63, 3.8) is 0 Å². The van der Waals surface area contributed by atoms with E-state index in [2.05, 4.69) is 4.74 Å². The maximum atomic E-state index is 12.7. The Labute approximate surface area is 110 Å². The standard InChI is InChI=1S/C10H8F4O5S/c1-20(17,18)7-3-5(8(15)16)2-6(4-7)19-10(13,14)9(11)12/h2-4,9H,1H3,(H,15,16). The molecule has 0 saturated heterocycles. The molecule has 0 aromatic heterocycles. The number of rotatable bonds is 5. The number of halogens is 4. The molecule has 0 radical (unpaired) electrons. The van der Waals surface area contributed by atoms with Crippen molar-refractivity contribution in [2.24, 2.45) is 0 Å². The van der Waals surface area contributed by atoms with E-state index in [0.29, 0.717) is 24.5 Å². The van der Waals surface area contributed by atoms with Crippen LogP contribution in [0.5, 0.6) is 5.75 Å². The summed E-state index contributed by atoms with van der Waals surface area (Å²) < 4.78 is 75.6. The Hall–Kier alpha value is -1.84. The first-order chi connectivity index (χ1) is 8.93. The summed E-state index contributed by atoms with van der Waals surface area (Å²) in [4.78, 5) is 10.1. The van der Waals surface area contributed by atoms with Crippen LogP contribution < -0.4 is 4.74 Å². The van der Waals surface area contributed by atoms with Crippen LogP contribution in [0.1, 0.15) is 10.4 Å². The van der Waals surface area contributed by atoms with Crippen molar-refractivity contribution in [3.05, 3.63) is 23.8 Å². The Morgan fingerprint density at radius 3 is 2.25 bits per heavy atom. The molecule has 0 aliphatic rings. The van der Waals surface area contributed by atoms with Gasteiger partial charge in [-0.05, 0) is 18.2 Å². The average Bonchev–Trinajstić information content (AvgIpc) is 2.26. The van der Waals surface area contributed by atoms with Crippen LogP contribution in [0.2, 0.25) is 0 Å². The third kappa shape index (κ3) is 3.83. The zero-order chi connectivity index (χ0) is 15.7. The normalized spacial score (nSPS) is 12.5. The van der Waals surface area contributed by atoms with Gasteiger partial charge in [0.1, 0.15) is 5.75 Å². The second-order valence-electron chi connectivity index (χ2n) is 3.73. The minimum absolute atomic E-state index is 0.521. The van der Waals surface area contributed by atoms with E-state index in [1.165, 1.54) is 0 Å². The van der Waals surface area contributed by atoms with Crippen molar-refractivity contribution >= 4 is 15.8 Å². The summed E-state index contributed by atoms with van der Waals surface area (Å²) in [6.45, 7) is 0. The molecule has 0 fully saturated rings. The predicted octanol–water partition coefficient (Wildman–Crippen LogP) is 2.02. The van der Waals surface area contributed by atoms with Crippen LogP contribution >= 0.6 is 0 Å². The second-order valence-corrected chi connectivity index (χ2v) is 5.75. The summed E-state index contributed by atoms with van der Waals surface area (Å²) >= 11 is 0. The fourth-order valence-electron chi connectivity index (χ4n) is 1.17. The molecule has 20 heavy (non-hydrogen) atoms. The van der Waals surface area contributed by atoms with E-state index in [-0.39, 0.29) is 0 Å². The fourth-order valence-corrected chi connectivity index (χ4v) is 1.84. The quantitative estimate of drug-likeness (QED) is 0.841. The Balaban J connectivity index is 3.34. The van der Waals surface area contributed by atoms with Crippen LogP contribution in [0.3, 0.4) is 0 Å². The molecule has 1 aromatic rings. The Morgan fingerprint density at radius 1 is 1.30 bits per heavy atom. The van der Waals surface area contributed by atoms with Crippen molar-refractivity contribution < 1.29 is 40.6 Å². The molecule has 0 saturated carbocycles. The van der Waals surface area contributed by atoms with Gasteiger partial charge in [-0.25, -0.2) is 13.2 Å². The molecule has 0 amide bonds. The maximum Gasteiger partial charge on any atom is 0.461 e. The Kier molecular flexibility index (Phi) is 4.27. The van der Waals surface area contributed by atoms with Gasteiger partial charge in [0, 0.05) is 6.26 Å². The molecule has 112 valence electrons. The molecule has 0 spiro atoms. The summed E-state index contributed by atoms with van der Waals surface area (Å²) in [6, 6.07) is 1.76. The van der Waals surface area contributed by atoms with E-state index in [1.807, 2.05) is 0 Å². The van der Waals surface area contributed by atoms with Crippen LogP contribution in [-0.2, 0) is 9.84 Å². The van der Waals surface area contributed by atoms with E-state index in [1.54, 1.807) is 0 Å². The molecule has 0 bridgehead atoms. The number of carbonyl (C=O) groups is 1. The molecule has 1 N–H and O–H groups in total. The zero-order valence-corrected chi connectivity index (χ0v) is 10.6. The highest BCUT2D eigenvalue weighted by Crippen LogP contribution is 2.30. The average molecular weight is 316 g/mol. The van der Waals surface area contributed by atoms with Crippen molar-refractivity contribution in [2.45, 2.75) is 17.4 Å². The van der Waals surface area contributed by atoms with Gasteiger partial charge >= 0.3 is 18.5 Å². The number of alkyl halides is 4. The minimum Gasteiger partial charge on any atom is -0.478 e. The number of carboxylic acid groups (broad SMARTS) is 1. The lowest BCUT2D eigenvalue weighted by Gasteiger charge is -2.17. The van der Waals surface area contributed by atoms with Gasteiger partial charge < -0.3 is 9.84 Å². The first-order valence-corrected chi connectivity index (χ1v) is 6.76. The van der Waals surface area contributed by atoms with E-state index >= 15 is 0 Å². The van der Waals surface area contributed by atoms with Crippen molar-refractivity contribution in [3.8, 4) is 5.75 Å². The predicted molar refractivity (Wildman–Crippen MR) is 58.1 cm³/mol. The van der Waals surface area contributed by atoms with E-state index in [0.717, 1.165) is 0 Å². The summed E-state index contributed by atoms with van der Waals surface area (Å²) in [5.41, 5.74) is -0.687. The van der Waals surface area contributed by atoms with Gasteiger partial charge in [-0.1, -0.05) is 0 Å². The van der Waals surface area contributed by atoms with Crippen LogP contribution in [0, 0.1) is 0 Å². The van der Waals surface area contributed by atoms with Crippen molar-refractivity contribution in [2.75, 3.05) is 6.26 Å². The van der Waals surface area contributed by atoms with Crippen molar-refractivity contribution in [1.29, 1.82) is 0 Å². The number of hydrogen-bond donors (Lipinski definition) is 1. The van der Waals surface area contributed by atoms with Gasteiger partial charge in [0.15, 0.2) is 9.84 Å². The van der Waals surface area contributed by atoms with Crippen LogP contribution in [0.4, 0.5) is 17.6 Å². The monoisotopic (exact) mass is 316 g/mol. The number of carboxylic acids is 1. The van der Waals surface area contributed by atoms with E-state index < -0.39 is 44.5 Å². The third-order valence-corrected chi connectivity index (χ3v) is 3.16. The lowest BCUT2D eigenvalue weighted by molar-refractivity contribution is -0.253. The van der Waals surface area contributed by atoms with Gasteiger partial charge in [-0.2, -0.15) is 17.6 Å². The highest BCUT2D eigenvalue weighted by atomic mass is 32.2. The van der Waals surface area contributed by atoms with Gasteiger partial charge in [0.25, 0.3) is 0 Å². The van der Waals surface area contributed by atoms with Crippen molar-refractivity contribution in [1.82, 2.24) is 0 Å². The molecule has 1 aromatic carbocycles. The minimum atomic E-state index is -4.87. The molecule has 1 rings (SSSR count). The van der Waals surface area contributed by atoms with Crippen LogP contribution in [0.15, 0.2) is 23.1 Å². The lowest BCUT2D eigenvalue weighted by atomic mass is 10.2. The maximum absolute atomic E-state index is 12.7. The summed E-state index contributed by atoms with van der Waals surface area (Å²) in [5.74, 6) is -2.61. The van der Waals surface area contributed by atoms with Gasteiger partial charge in [-0.3, -0.25) is 0 Å². The molecular formula is C10H8F4O5S. The molecule has 0 aliphatic heterocycles. The molecule has 0 aliphatic carbocycles.